The molecular weight excluding hydrogens is 430 g/mol. The lowest BCUT2D eigenvalue weighted by Crippen LogP contribution is -2.44. The molecule has 164 valence electrons. The molecule has 1 aliphatic heterocycles. The van der Waals surface area contributed by atoms with Gasteiger partial charge >= 0.3 is 0 Å². The molecule has 2 heterocycles. The van der Waals surface area contributed by atoms with E-state index in [0.717, 1.165) is 48.6 Å². The van der Waals surface area contributed by atoms with Gasteiger partial charge in [0.25, 0.3) is 0 Å². The van der Waals surface area contributed by atoms with Crippen LogP contribution in [0.5, 0.6) is 0 Å². The van der Waals surface area contributed by atoms with Crippen molar-refractivity contribution in [2.75, 3.05) is 35.3 Å². The van der Waals surface area contributed by atoms with E-state index in [1.807, 2.05) is 42.7 Å². The number of nitrogens with zero attached hydrogens (tertiary/aromatic N) is 3. The molecule has 0 radical (unpaired) electrons. The fourth-order valence-corrected chi connectivity index (χ4v) is 4.62. The van der Waals surface area contributed by atoms with E-state index in [-0.39, 0.29) is 23.5 Å². The van der Waals surface area contributed by atoms with Gasteiger partial charge in [0.15, 0.2) is 5.82 Å². The topological polar surface area (TPSA) is 87.2 Å². The van der Waals surface area contributed by atoms with E-state index in [0.29, 0.717) is 17.6 Å². The zero-order valence-electron chi connectivity index (χ0n) is 17.5. The molecule has 1 saturated carbocycles. The summed E-state index contributed by atoms with van der Waals surface area (Å²) >= 11 is 3.00. The zero-order chi connectivity index (χ0) is 21.6. The Kier molecular flexibility index (Phi) is 7.34. The van der Waals surface area contributed by atoms with E-state index < -0.39 is 0 Å². The van der Waals surface area contributed by atoms with Crippen LogP contribution in [0.25, 0.3) is 0 Å². The van der Waals surface area contributed by atoms with Crippen molar-refractivity contribution in [2.24, 2.45) is 5.92 Å². The van der Waals surface area contributed by atoms with Crippen LogP contribution in [0.3, 0.4) is 0 Å². The second kappa shape index (κ2) is 10.4. The maximum Gasteiger partial charge on any atom is 0.234 e. The molecule has 7 nitrogen and oxygen atoms in total. The predicted molar refractivity (Wildman–Crippen MR) is 126 cm³/mol. The molecule has 2 aliphatic rings. The summed E-state index contributed by atoms with van der Waals surface area (Å²) in [5.74, 6) is 1.16. The molecule has 2 N–H and O–H groups in total. The van der Waals surface area contributed by atoms with Gasteiger partial charge in [-0.25, -0.2) is 0 Å². The third kappa shape index (κ3) is 6.36. The highest BCUT2D eigenvalue weighted by Gasteiger charge is 2.30. The largest absolute Gasteiger partial charge is 0.354 e. The van der Waals surface area contributed by atoms with Crippen molar-refractivity contribution in [2.45, 2.75) is 41.6 Å². The number of hydrogen-bond donors (Lipinski definition) is 2. The molecule has 2 fully saturated rings. The number of rotatable bonds is 8. The van der Waals surface area contributed by atoms with Crippen LogP contribution in [-0.2, 0) is 9.59 Å². The molecule has 1 saturated heterocycles. The first-order chi connectivity index (χ1) is 15.1. The maximum absolute atomic E-state index is 12.4. The summed E-state index contributed by atoms with van der Waals surface area (Å²) in [6, 6.07) is 12.0. The first-order valence-electron chi connectivity index (χ1n) is 10.6. The van der Waals surface area contributed by atoms with Gasteiger partial charge in [-0.15, -0.1) is 22.0 Å². The molecule has 1 aromatic heterocycles. The third-order valence-corrected chi connectivity index (χ3v) is 7.02. The standard InChI is InChI=1S/C22H27N5O2S2/c1-30-18-6-2-5-17(12-18)23-20(28)14-31-21-10-9-19(25-26-21)27-11-3-4-15(13-27)22(29)24-16-7-8-16/h2,5-6,9-10,12,15-16H,3-4,7-8,11,13-14H2,1H3,(H,23,28)(H,24,29). The van der Waals surface area contributed by atoms with Crippen molar-refractivity contribution in [3.05, 3.63) is 36.4 Å². The highest BCUT2D eigenvalue weighted by Crippen LogP contribution is 2.25. The van der Waals surface area contributed by atoms with Crippen LogP contribution >= 0.6 is 23.5 Å². The third-order valence-electron chi connectivity index (χ3n) is 5.37. The quantitative estimate of drug-likeness (QED) is 0.587. The first kappa shape index (κ1) is 22.0. The number of aromatic nitrogens is 2. The predicted octanol–water partition coefficient (Wildman–Crippen LogP) is 3.42. The summed E-state index contributed by atoms with van der Waals surface area (Å²) in [6.45, 7) is 1.56. The Morgan fingerprint density at radius 1 is 1.16 bits per heavy atom. The van der Waals surface area contributed by atoms with Crippen molar-refractivity contribution in [3.8, 4) is 0 Å². The molecule has 1 unspecified atom stereocenters. The van der Waals surface area contributed by atoms with Crippen molar-refractivity contribution < 1.29 is 9.59 Å². The molecule has 4 rings (SSSR count). The van der Waals surface area contributed by atoms with Crippen LogP contribution in [0.1, 0.15) is 25.7 Å². The normalized spacial score (nSPS) is 18.5. The minimum Gasteiger partial charge on any atom is -0.354 e. The number of thioether (sulfide) groups is 2. The average Bonchev–Trinajstić information content (AvgIpc) is 3.62. The van der Waals surface area contributed by atoms with Gasteiger partial charge in [0.05, 0.1) is 11.7 Å². The number of benzene rings is 1. The Morgan fingerprint density at radius 3 is 2.77 bits per heavy atom. The van der Waals surface area contributed by atoms with E-state index in [1.165, 1.54) is 11.8 Å². The SMILES string of the molecule is CSc1cccc(NC(=O)CSc2ccc(N3CCCC(C(=O)NC4CC4)C3)nn2)c1. The monoisotopic (exact) mass is 457 g/mol. The summed E-state index contributed by atoms with van der Waals surface area (Å²) < 4.78 is 0. The smallest absolute Gasteiger partial charge is 0.234 e. The molecule has 1 aliphatic carbocycles. The van der Waals surface area contributed by atoms with Crippen LogP contribution in [0.15, 0.2) is 46.3 Å². The van der Waals surface area contributed by atoms with Gasteiger partial charge in [0.1, 0.15) is 5.03 Å². The summed E-state index contributed by atoms with van der Waals surface area (Å²) in [5.41, 5.74) is 0.796. The second-order valence-electron chi connectivity index (χ2n) is 7.87. The zero-order valence-corrected chi connectivity index (χ0v) is 19.2. The van der Waals surface area contributed by atoms with Gasteiger partial charge in [0, 0.05) is 29.7 Å². The van der Waals surface area contributed by atoms with E-state index >= 15 is 0 Å². The Bertz CT molecular complexity index is 920. The molecule has 31 heavy (non-hydrogen) atoms. The molecule has 2 aromatic rings. The molecule has 1 aromatic carbocycles. The molecular formula is C22H27N5O2S2. The number of anilines is 2. The van der Waals surface area contributed by atoms with Crippen molar-refractivity contribution >= 4 is 46.8 Å². The Morgan fingerprint density at radius 2 is 2.03 bits per heavy atom. The van der Waals surface area contributed by atoms with Crippen LogP contribution in [-0.4, -0.2) is 53.2 Å². The lowest BCUT2D eigenvalue weighted by molar-refractivity contribution is -0.125. The van der Waals surface area contributed by atoms with E-state index in [2.05, 4.69) is 25.7 Å². The van der Waals surface area contributed by atoms with Crippen LogP contribution < -0.4 is 15.5 Å². The number of carbonyl (C=O) groups is 2. The van der Waals surface area contributed by atoms with Gasteiger partial charge in [-0.3, -0.25) is 9.59 Å². The van der Waals surface area contributed by atoms with Crippen molar-refractivity contribution in [1.29, 1.82) is 0 Å². The summed E-state index contributed by atoms with van der Waals surface area (Å²) in [4.78, 5) is 27.9. The lowest BCUT2D eigenvalue weighted by atomic mass is 9.97. The molecule has 0 bridgehead atoms. The van der Waals surface area contributed by atoms with E-state index in [4.69, 9.17) is 0 Å². The Balaban J connectivity index is 1.26. The second-order valence-corrected chi connectivity index (χ2v) is 9.74. The Hall–Kier alpha value is -2.26. The average molecular weight is 458 g/mol. The Labute approximate surface area is 191 Å². The highest BCUT2D eigenvalue weighted by molar-refractivity contribution is 8.00. The first-order valence-corrected chi connectivity index (χ1v) is 12.8. The van der Waals surface area contributed by atoms with Gasteiger partial charge in [-0.1, -0.05) is 17.8 Å². The highest BCUT2D eigenvalue weighted by atomic mass is 32.2. The fraction of sp³-hybridized carbons (Fsp3) is 0.455. The fourth-order valence-electron chi connectivity index (χ4n) is 3.54. The van der Waals surface area contributed by atoms with Crippen molar-refractivity contribution in [3.63, 3.8) is 0 Å². The minimum absolute atomic E-state index is 0.0125. The molecule has 1 atom stereocenters. The van der Waals surface area contributed by atoms with Gasteiger partial charge in [-0.05, 0) is 62.3 Å². The van der Waals surface area contributed by atoms with Crippen LogP contribution in [0.2, 0.25) is 0 Å². The van der Waals surface area contributed by atoms with Gasteiger partial charge in [0.2, 0.25) is 11.8 Å². The van der Waals surface area contributed by atoms with E-state index in [9.17, 15) is 9.59 Å². The number of piperidine rings is 1. The molecule has 9 heteroatoms. The lowest BCUT2D eigenvalue weighted by Gasteiger charge is -2.32. The summed E-state index contributed by atoms with van der Waals surface area (Å²) in [6.07, 6.45) is 6.11. The van der Waals surface area contributed by atoms with Crippen LogP contribution in [0, 0.1) is 5.92 Å². The van der Waals surface area contributed by atoms with E-state index in [1.54, 1.807) is 11.8 Å². The minimum atomic E-state index is -0.0744. The van der Waals surface area contributed by atoms with Crippen molar-refractivity contribution in [1.82, 2.24) is 15.5 Å². The number of amides is 2. The maximum atomic E-state index is 12.4. The number of nitrogens with one attached hydrogen (secondary N) is 2. The van der Waals surface area contributed by atoms with Crippen LogP contribution in [0.4, 0.5) is 11.5 Å². The van der Waals surface area contributed by atoms with Gasteiger partial charge in [-0.2, -0.15) is 0 Å². The molecule has 2 amide bonds. The van der Waals surface area contributed by atoms with Gasteiger partial charge < -0.3 is 15.5 Å². The summed E-state index contributed by atoms with van der Waals surface area (Å²) in [5, 5.41) is 15.4. The molecule has 0 spiro atoms. The summed E-state index contributed by atoms with van der Waals surface area (Å²) in [7, 11) is 0. The number of hydrogen-bond acceptors (Lipinski definition) is 7. The number of carbonyl (C=O) groups excluding carboxylic acids is 2.